The monoisotopic (exact) mass is 438 g/mol. The van der Waals surface area contributed by atoms with Gasteiger partial charge in [0.15, 0.2) is 4.80 Å². The first-order valence-electron chi connectivity index (χ1n) is 10.3. The summed E-state index contributed by atoms with van der Waals surface area (Å²) in [5, 5.41) is 2.10. The van der Waals surface area contributed by atoms with Crippen LogP contribution in [0.1, 0.15) is 19.3 Å². The van der Waals surface area contributed by atoms with Crippen molar-refractivity contribution in [3.8, 4) is 22.8 Å². The molecule has 0 saturated carbocycles. The molecule has 1 saturated heterocycles. The van der Waals surface area contributed by atoms with Gasteiger partial charge in [-0.1, -0.05) is 0 Å². The Morgan fingerprint density at radius 1 is 1.19 bits per heavy atom. The summed E-state index contributed by atoms with van der Waals surface area (Å²) in [7, 11) is 3.30. The fourth-order valence-electron chi connectivity index (χ4n) is 3.75. The van der Waals surface area contributed by atoms with E-state index in [4.69, 9.17) is 14.5 Å². The molecule has 1 aliphatic rings. The number of amides is 1. The zero-order chi connectivity index (χ0) is 21.6. The van der Waals surface area contributed by atoms with E-state index in [0.717, 1.165) is 65.7 Å². The van der Waals surface area contributed by atoms with E-state index in [-0.39, 0.29) is 5.91 Å². The summed E-state index contributed by atoms with van der Waals surface area (Å²) in [6.07, 6.45) is 5.97. The maximum atomic E-state index is 12.0. The molecule has 3 heterocycles. The van der Waals surface area contributed by atoms with Crippen LogP contribution in [0, 0.1) is 0 Å². The van der Waals surface area contributed by atoms with E-state index in [1.54, 1.807) is 38.0 Å². The van der Waals surface area contributed by atoms with E-state index in [2.05, 4.69) is 14.9 Å². The summed E-state index contributed by atoms with van der Waals surface area (Å²) in [6.45, 7) is 2.36. The number of nitrogens with zero attached hydrogens (tertiary/aromatic N) is 4. The van der Waals surface area contributed by atoms with Gasteiger partial charge in [0, 0.05) is 49.3 Å². The SMILES string of the molecule is COc1ccc(-c2csc(=Nc3cccnc3)n2CCCN2CCCC2=O)c(OC)c1. The van der Waals surface area contributed by atoms with Crippen molar-refractivity contribution in [2.75, 3.05) is 27.3 Å². The van der Waals surface area contributed by atoms with Gasteiger partial charge in [-0.25, -0.2) is 4.99 Å². The van der Waals surface area contributed by atoms with Gasteiger partial charge >= 0.3 is 0 Å². The van der Waals surface area contributed by atoms with Crippen molar-refractivity contribution in [1.29, 1.82) is 0 Å². The normalized spacial score (nSPS) is 14.3. The molecule has 3 aromatic rings. The molecule has 0 radical (unpaired) electrons. The number of likely N-dealkylation sites (tertiary alicyclic amines) is 1. The lowest BCUT2D eigenvalue weighted by molar-refractivity contribution is -0.127. The predicted octanol–water partition coefficient (Wildman–Crippen LogP) is 3.87. The maximum Gasteiger partial charge on any atom is 0.222 e. The highest BCUT2D eigenvalue weighted by Crippen LogP contribution is 2.33. The van der Waals surface area contributed by atoms with Crippen LogP contribution in [0.4, 0.5) is 5.69 Å². The molecular formula is C23H26N4O3S. The quantitative estimate of drug-likeness (QED) is 0.535. The minimum absolute atomic E-state index is 0.257. The second kappa shape index (κ2) is 9.78. The fraction of sp³-hybridized carbons (Fsp3) is 0.348. The zero-order valence-electron chi connectivity index (χ0n) is 17.8. The number of pyridine rings is 1. The molecule has 0 spiro atoms. The van der Waals surface area contributed by atoms with Crippen molar-refractivity contribution in [2.24, 2.45) is 4.99 Å². The summed E-state index contributed by atoms with van der Waals surface area (Å²) in [5.74, 6) is 1.75. The molecule has 1 aliphatic heterocycles. The molecule has 2 aromatic heterocycles. The highest BCUT2D eigenvalue weighted by atomic mass is 32.1. The summed E-state index contributed by atoms with van der Waals surface area (Å²) in [6, 6.07) is 9.64. The first kappa shape index (κ1) is 21.1. The van der Waals surface area contributed by atoms with E-state index in [0.29, 0.717) is 6.42 Å². The number of ether oxygens (including phenoxy) is 2. The third-order valence-electron chi connectivity index (χ3n) is 5.33. The van der Waals surface area contributed by atoms with Gasteiger partial charge in [-0.15, -0.1) is 11.3 Å². The molecule has 7 nitrogen and oxygen atoms in total. The number of carbonyl (C=O) groups excluding carboxylic acids is 1. The topological polar surface area (TPSA) is 69.0 Å². The standard InChI is InChI=1S/C23H26N4O3S/c1-29-18-8-9-19(21(14-18)30-2)20-16-31-23(25-17-6-3-10-24-15-17)27(20)13-5-12-26-11-4-7-22(26)28/h3,6,8-10,14-16H,4-5,7,11-13H2,1-2H3. The lowest BCUT2D eigenvalue weighted by Gasteiger charge is -2.17. The molecule has 0 unspecified atom stereocenters. The van der Waals surface area contributed by atoms with Gasteiger partial charge in [0.25, 0.3) is 0 Å². The molecule has 1 amide bonds. The van der Waals surface area contributed by atoms with E-state index in [1.165, 1.54) is 0 Å². The summed E-state index contributed by atoms with van der Waals surface area (Å²) >= 11 is 1.58. The van der Waals surface area contributed by atoms with Crippen LogP contribution in [-0.2, 0) is 11.3 Å². The molecule has 0 N–H and O–H groups in total. The molecule has 31 heavy (non-hydrogen) atoms. The Labute approximate surface area is 185 Å². The van der Waals surface area contributed by atoms with Gasteiger partial charge in [0.2, 0.25) is 5.91 Å². The predicted molar refractivity (Wildman–Crippen MR) is 121 cm³/mol. The van der Waals surface area contributed by atoms with Gasteiger partial charge in [-0.3, -0.25) is 9.78 Å². The molecular weight excluding hydrogens is 412 g/mol. The van der Waals surface area contributed by atoms with Crippen molar-refractivity contribution < 1.29 is 14.3 Å². The molecule has 0 atom stereocenters. The van der Waals surface area contributed by atoms with Gasteiger partial charge < -0.3 is 18.9 Å². The summed E-state index contributed by atoms with van der Waals surface area (Å²) in [5.41, 5.74) is 2.81. The molecule has 8 heteroatoms. The van der Waals surface area contributed by atoms with Gasteiger partial charge in [0.1, 0.15) is 11.5 Å². The number of hydrogen-bond donors (Lipinski definition) is 0. The van der Waals surface area contributed by atoms with Crippen LogP contribution in [0.5, 0.6) is 11.5 Å². The number of aromatic nitrogens is 2. The molecule has 1 fully saturated rings. The van der Waals surface area contributed by atoms with Crippen LogP contribution in [0.3, 0.4) is 0 Å². The number of methoxy groups -OCH3 is 2. The van der Waals surface area contributed by atoms with Crippen molar-refractivity contribution in [3.05, 3.63) is 52.9 Å². The van der Waals surface area contributed by atoms with Crippen LogP contribution in [-0.4, -0.2) is 47.7 Å². The largest absolute Gasteiger partial charge is 0.497 e. The number of rotatable bonds is 8. The third-order valence-corrected chi connectivity index (χ3v) is 6.20. The van der Waals surface area contributed by atoms with E-state index >= 15 is 0 Å². The first-order valence-corrected chi connectivity index (χ1v) is 11.2. The summed E-state index contributed by atoms with van der Waals surface area (Å²) in [4.78, 5) is 23.8. The highest BCUT2D eigenvalue weighted by molar-refractivity contribution is 7.07. The van der Waals surface area contributed by atoms with Crippen molar-refractivity contribution in [2.45, 2.75) is 25.8 Å². The lowest BCUT2D eigenvalue weighted by atomic mass is 10.1. The second-order valence-corrected chi connectivity index (χ2v) is 8.12. The Morgan fingerprint density at radius 2 is 2.10 bits per heavy atom. The Bertz CT molecular complexity index is 1110. The molecule has 0 bridgehead atoms. The average molecular weight is 439 g/mol. The number of carbonyl (C=O) groups is 1. The smallest absolute Gasteiger partial charge is 0.222 e. The van der Waals surface area contributed by atoms with Gasteiger partial charge in [-0.05, 0) is 37.1 Å². The van der Waals surface area contributed by atoms with Crippen LogP contribution in [0.15, 0.2) is 53.1 Å². The Kier molecular flexibility index (Phi) is 6.66. The Morgan fingerprint density at radius 3 is 2.81 bits per heavy atom. The molecule has 1 aromatic carbocycles. The number of benzene rings is 1. The minimum atomic E-state index is 0.257. The van der Waals surface area contributed by atoms with E-state index < -0.39 is 0 Å². The van der Waals surface area contributed by atoms with Gasteiger partial charge in [0.05, 0.1) is 31.8 Å². The number of thiazole rings is 1. The second-order valence-electron chi connectivity index (χ2n) is 7.28. The van der Waals surface area contributed by atoms with Crippen LogP contribution >= 0.6 is 11.3 Å². The lowest BCUT2D eigenvalue weighted by Crippen LogP contribution is -2.27. The van der Waals surface area contributed by atoms with Crippen molar-refractivity contribution >= 4 is 22.9 Å². The van der Waals surface area contributed by atoms with E-state index in [1.807, 2.05) is 35.2 Å². The maximum absolute atomic E-state index is 12.0. The third kappa shape index (κ3) is 4.80. The Balaban J connectivity index is 1.70. The zero-order valence-corrected chi connectivity index (χ0v) is 18.6. The molecule has 162 valence electrons. The average Bonchev–Trinajstić information content (AvgIpc) is 3.40. The number of hydrogen-bond acceptors (Lipinski definition) is 6. The van der Waals surface area contributed by atoms with Crippen LogP contribution in [0.2, 0.25) is 0 Å². The first-order chi connectivity index (χ1) is 15.2. The van der Waals surface area contributed by atoms with Crippen molar-refractivity contribution in [3.63, 3.8) is 0 Å². The highest BCUT2D eigenvalue weighted by Gasteiger charge is 2.20. The van der Waals surface area contributed by atoms with E-state index in [9.17, 15) is 4.79 Å². The summed E-state index contributed by atoms with van der Waals surface area (Å²) < 4.78 is 13.2. The molecule has 0 aliphatic carbocycles. The van der Waals surface area contributed by atoms with Crippen molar-refractivity contribution in [1.82, 2.24) is 14.5 Å². The van der Waals surface area contributed by atoms with Gasteiger partial charge in [-0.2, -0.15) is 0 Å². The molecule has 4 rings (SSSR count). The fourth-order valence-corrected chi connectivity index (χ4v) is 4.70. The van der Waals surface area contributed by atoms with Crippen LogP contribution in [0.25, 0.3) is 11.3 Å². The minimum Gasteiger partial charge on any atom is -0.497 e. The Hall–Kier alpha value is -3.13. The van der Waals surface area contributed by atoms with Crippen LogP contribution < -0.4 is 14.3 Å².